The van der Waals surface area contributed by atoms with Crippen LogP contribution >= 0.6 is 0 Å². The summed E-state index contributed by atoms with van der Waals surface area (Å²) in [7, 11) is 0. The summed E-state index contributed by atoms with van der Waals surface area (Å²) in [5.74, 6) is 0. The van der Waals surface area contributed by atoms with Crippen LogP contribution in [0.25, 0.3) is 11.0 Å². The first kappa shape index (κ1) is 36.0. The maximum absolute atomic E-state index is 4.31. The first-order valence-electron chi connectivity index (χ1n) is 13.9. The lowest BCUT2D eigenvalue weighted by molar-refractivity contribution is 0.925. The summed E-state index contributed by atoms with van der Waals surface area (Å²) >= 11 is 0. The Labute approximate surface area is 268 Å². The lowest BCUT2D eigenvalue weighted by atomic mass is 10.3. The Hall–Kier alpha value is -6.18. The van der Waals surface area contributed by atoms with Gasteiger partial charge in [-0.2, -0.15) is 20.4 Å². The molecule has 0 aliphatic carbocycles. The zero-order chi connectivity index (χ0) is 33.2. The monoisotopic (exact) mass is 616 g/mol. The molecule has 0 saturated carbocycles. The van der Waals surface area contributed by atoms with Crippen molar-refractivity contribution in [2.75, 3.05) is 0 Å². The highest BCUT2D eigenvalue weighted by molar-refractivity contribution is 5.73. The van der Waals surface area contributed by atoms with Crippen LogP contribution in [0.2, 0.25) is 0 Å². The predicted octanol–water partition coefficient (Wildman–Crippen LogP) is 4.65. The molecule has 0 bridgehead atoms. The number of aryl methyl sites for hydroxylation is 6. The van der Waals surface area contributed by atoms with E-state index in [9.17, 15) is 0 Å². The minimum Gasteiger partial charge on any atom is -0.261 e. The van der Waals surface area contributed by atoms with Crippen molar-refractivity contribution in [2.24, 2.45) is 0 Å². The van der Waals surface area contributed by atoms with Crippen LogP contribution in [0, 0.1) is 41.5 Å². The summed E-state index contributed by atoms with van der Waals surface area (Å²) < 4.78 is 0. The molecule has 7 rings (SSSR count). The maximum Gasteiger partial charge on any atom is 0.138 e. The molecule has 0 saturated heterocycles. The molecule has 0 unspecified atom stereocenters. The molecule has 0 amide bonds. The van der Waals surface area contributed by atoms with Crippen LogP contribution < -0.4 is 0 Å². The van der Waals surface area contributed by atoms with Crippen molar-refractivity contribution in [3.8, 4) is 0 Å². The molecule has 234 valence electrons. The predicted molar refractivity (Wildman–Crippen MR) is 174 cm³/mol. The Morgan fingerprint density at radius 2 is 1.11 bits per heavy atom. The molecule has 46 heavy (non-hydrogen) atoms. The fourth-order valence-electron chi connectivity index (χ4n) is 2.77. The van der Waals surface area contributed by atoms with E-state index in [4.69, 9.17) is 0 Å². The van der Waals surface area contributed by atoms with Crippen molar-refractivity contribution in [1.29, 1.82) is 0 Å². The molecule has 0 fully saturated rings. The van der Waals surface area contributed by atoms with Crippen molar-refractivity contribution in [2.45, 2.75) is 41.5 Å². The van der Waals surface area contributed by atoms with Crippen molar-refractivity contribution in [1.82, 2.24) is 70.5 Å². The second-order valence-corrected chi connectivity index (χ2v) is 9.06. The van der Waals surface area contributed by atoms with Gasteiger partial charge in [-0.25, -0.2) is 24.9 Å². The molecule has 14 nitrogen and oxygen atoms in total. The molecular formula is C32H36N14. The van der Waals surface area contributed by atoms with Crippen LogP contribution in [0.4, 0.5) is 0 Å². The van der Waals surface area contributed by atoms with Gasteiger partial charge in [0.1, 0.15) is 19.0 Å². The number of fused-ring (bicyclic) bond motifs is 1. The Morgan fingerprint density at radius 3 is 1.52 bits per heavy atom. The zero-order valence-electron chi connectivity index (χ0n) is 26.7. The number of benzene rings is 1. The molecule has 6 heterocycles. The van der Waals surface area contributed by atoms with Crippen LogP contribution in [0.15, 0.2) is 111 Å². The van der Waals surface area contributed by atoms with Crippen LogP contribution in [0.5, 0.6) is 0 Å². The Balaban J connectivity index is 0.000000194. The van der Waals surface area contributed by atoms with Crippen molar-refractivity contribution < 1.29 is 0 Å². The van der Waals surface area contributed by atoms with Gasteiger partial charge in [0.25, 0.3) is 0 Å². The molecule has 0 aliphatic heterocycles. The van der Waals surface area contributed by atoms with Crippen LogP contribution in [-0.2, 0) is 0 Å². The molecule has 7 aromatic rings. The van der Waals surface area contributed by atoms with Crippen LogP contribution in [0.1, 0.15) is 34.2 Å². The second-order valence-electron chi connectivity index (χ2n) is 9.06. The van der Waals surface area contributed by atoms with E-state index in [2.05, 4.69) is 70.5 Å². The molecule has 0 N–H and O–H groups in total. The van der Waals surface area contributed by atoms with Crippen LogP contribution in [0.3, 0.4) is 0 Å². The summed E-state index contributed by atoms with van der Waals surface area (Å²) in [5.41, 5.74) is 7.56. The zero-order valence-corrected chi connectivity index (χ0v) is 26.7. The largest absolute Gasteiger partial charge is 0.261 e. The number of hydrogen-bond acceptors (Lipinski definition) is 14. The van der Waals surface area contributed by atoms with Gasteiger partial charge in [-0.05, 0) is 71.9 Å². The van der Waals surface area contributed by atoms with Gasteiger partial charge in [-0.1, -0.05) is 12.1 Å². The lowest BCUT2D eigenvalue weighted by Gasteiger charge is -1.95. The summed E-state index contributed by atoms with van der Waals surface area (Å²) in [6, 6.07) is 13.5. The first-order valence-corrected chi connectivity index (χ1v) is 13.9. The highest BCUT2D eigenvalue weighted by atomic mass is 15.1. The average molecular weight is 617 g/mol. The molecule has 6 aromatic heterocycles. The van der Waals surface area contributed by atoms with Gasteiger partial charge in [-0.3, -0.25) is 15.0 Å². The standard InChI is InChI=1S/C9H8N2.3C5H6N2.2C4H5N3/c1-7-6-10-8-4-2-3-5-9(8)11-7;1-5-4-6-2-3-7-5;1-5-2-3-6-4-7-5;1-5-3-2-4-6-7-5;1-4-2-6-7-3-5-4;1-4-2-5-3-6-7-4/h2-6H,1H3;3*2-4H,1H3;2*2-3H,1H3. The summed E-state index contributed by atoms with van der Waals surface area (Å²) in [4.78, 5) is 31.4. The summed E-state index contributed by atoms with van der Waals surface area (Å²) in [6.07, 6.45) is 17.9. The molecule has 1 aromatic carbocycles. The van der Waals surface area contributed by atoms with E-state index in [-0.39, 0.29) is 0 Å². The van der Waals surface area contributed by atoms with Gasteiger partial charge in [0, 0.05) is 42.9 Å². The minimum absolute atomic E-state index is 0.850. The van der Waals surface area contributed by atoms with Gasteiger partial charge in [0.15, 0.2) is 0 Å². The third-order valence-corrected chi connectivity index (χ3v) is 4.92. The first-order chi connectivity index (χ1) is 22.3. The van der Waals surface area contributed by atoms with E-state index in [0.29, 0.717) is 0 Å². The van der Waals surface area contributed by atoms with E-state index >= 15 is 0 Å². The van der Waals surface area contributed by atoms with Gasteiger partial charge in [0.2, 0.25) is 0 Å². The third-order valence-electron chi connectivity index (χ3n) is 4.92. The molecule has 0 radical (unpaired) electrons. The number of aromatic nitrogens is 14. The van der Waals surface area contributed by atoms with Gasteiger partial charge < -0.3 is 0 Å². The van der Waals surface area contributed by atoms with Crippen molar-refractivity contribution in [3.63, 3.8) is 0 Å². The molecule has 0 spiro atoms. The van der Waals surface area contributed by atoms with E-state index < -0.39 is 0 Å². The Kier molecular flexibility index (Phi) is 17.5. The van der Waals surface area contributed by atoms with Crippen molar-refractivity contribution >= 4 is 11.0 Å². The number of nitrogens with zero attached hydrogens (tertiary/aromatic N) is 14. The van der Waals surface area contributed by atoms with Gasteiger partial charge in [0.05, 0.1) is 51.9 Å². The molecule has 0 aliphatic rings. The van der Waals surface area contributed by atoms with Crippen LogP contribution in [-0.4, -0.2) is 70.5 Å². The summed E-state index contributed by atoms with van der Waals surface area (Å²) in [6.45, 7) is 11.4. The fourth-order valence-corrected chi connectivity index (χ4v) is 2.77. The normalized spacial score (nSPS) is 9.09. The van der Waals surface area contributed by atoms with E-state index in [1.807, 2.05) is 84.0 Å². The lowest BCUT2D eigenvalue weighted by Crippen LogP contribution is -1.85. The van der Waals surface area contributed by atoms with E-state index in [1.165, 1.54) is 19.0 Å². The van der Waals surface area contributed by atoms with Crippen molar-refractivity contribution in [3.05, 3.63) is 145 Å². The highest BCUT2D eigenvalue weighted by Crippen LogP contribution is 2.07. The van der Waals surface area contributed by atoms with E-state index in [0.717, 1.165) is 45.2 Å². The van der Waals surface area contributed by atoms with E-state index in [1.54, 1.807) is 49.6 Å². The minimum atomic E-state index is 0.850. The third kappa shape index (κ3) is 17.7. The highest BCUT2D eigenvalue weighted by Gasteiger charge is 1.92. The smallest absolute Gasteiger partial charge is 0.138 e. The second kappa shape index (κ2) is 22.4. The Bertz CT molecular complexity index is 1510. The number of para-hydroxylation sites is 2. The topological polar surface area (TPSA) is 180 Å². The fraction of sp³-hybridized carbons (Fsp3) is 0.188. The number of rotatable bonds is 0. The molecule has 0 atom stereocenters. The molecule has 14 heteroatoms. The number of hydrogen-bond donors (Lipinski definition) is 0. The quantitative estimate of drug-likeness (QED) is 0.229. The average Bonchev–Trinajstić information content (AvgIpc) is 3.08. The SMILES string of the molecule is Cc1cccnn1.Cc1ccncn1.Cc1cnc2ccccc2n1.Cc1cnccn1.Cc1cncnn1.Cc1cnncn1. The Morgan fingerprint density at radius 1 is 0.370 bits per heavy atom. The maximum atomic E-state index is 4.31. The van der Waals surface area contributed by atoms with Gasteiger partial charge >= 0.3 is 0 Å². The summed E-state index contributed by atoms with van der Waals surface area (Å²) in [5, 5.41) is 21.6. The molecular weight excluding hydrogens is 580 g/mol. The van der Waals surface area contributed by atoms with Gasteiger partial charge in [-0.15, -0.1) is 10.2 Å².